The molecule has 0 atom stereocenters. The van der Waals surface area contributed by atoms with E-state index in [2.05, 4.69) is 21.0 Å². The van der Waals surface area contributed by atoms with E-state index in [1.54, 1.807) is 0 Å². The van der Waals surface area contributed by atoms with Gasteiger partial charge in [0.05, 0.1) is 12.8 Å². The van der Waals surface area contributed by atoms with Crippen LogP contribution in [-0.2, 0) is 30.6 Å². The molecule has 9 heteroatoms. The summed E-state index contributed by atoms with van der Waals surface area (Å²) in [6.45, 7) is 0. The van der Waals surface area contributed by atoms with Gasteiger partial charge in [-0.25, -0.2) is 4.79 Å². The van der Waals surface area contributed by atoms with Crippen molar-refractivity contribution in [1.29, 1.82) is 0 Å². The first-order valence-electron chi connectivity index (χ1n) is 3.35. The number of hydrogen-bond donors (Lipinski definition) is 5. The number of hydrogen-bond acceptors (Lipinski definition) is 5. The molecule has 0 aromatic rings. The second kappa shape index (κ2) is 7.18. The Balaban J connectivity index is 0. The molecule has 6 N–H and O–H groups in total. The molecule has 8 nitrogen and oxygen atoms in total. The fourth-order valence-corrected chi connectivity index (χ4v) is 0.714. The molecular weight excluding hydrogens is 262 g/mol. The van der Waals surface area contributed by atoms with E-state index in [-0.39, 0.29) is 0 Å². The molecule has 92 valence electrons. The van der Waals surface area contributed by atoms with Crippen molar-refractivity contribution in [3.63, 3.8) is 0 Å². The molecule has 15 heavy (non-hydrogen) atoms. The van der Waals surface area contributed by atoms with E-state index in [1.165, 1.54) is 0 Å². The number of carboxylic acids is 3. The zero-order valence-electron chi connectivity index (χ0n) is 7.31. The van der Waals surface area contributed by atoms with Gasteiger partial charge in [0.2, 0.25) is 0 Å². The van der Waals surface area contributed by atoms with Crippen LogP contribution in [0, 0.1) is 0 Å². The Hall–Kier alpha value is -1.15. The summed E-state index contributed by atoms with van der Waals surface area (Å²) in [7, 11) is 0. The van der Waals surface area contributed by atoms with E-state index in [0.29, 0.717) is 0 Å². The van der Waals surface area contributed by atoms with E-state index in [1.807, 2.05) is 0 Å². The van der Waals surface area contributed by atoms with Crippen molar-refractivity contribution in [3.8, 4) is 0 Å². The second-order valence-electron chi connectivity index (χ2n) is 2.48. The van der Waals surface area contributed by atoms with Crippen LogP contribution in [0.1, 0.15) is 12.8 Å². The molecule has 0 radical (unpaired) electrons. The number of nitrogens with two attached hydrogens (primary N) is 1. The fraction of sp³-hybridized carbons (Fsp3) is 0.500. The van der Waals surface area contributed by atoms with Crippen LogP contribution in [0.2, 0.25) is 0 Å². The van der Waals surface area contributed by atoms with Crippen LogP contribution in [0.4, 0.5) is 0 Å². The minimum atomic E-state index is -2.74. The topological polar surface area (TPSA) is 158 Å². The second-order valence-corrected chi connectivity index (χ2v) is 2.48. The maximum atomic E-state index is 10.3. The van der Waals surface area contributed by atoms with Crippen LogP contribution in [0.25, 0.3) is 0 Å². The van der Waals surface area contributed by atoms with E-state index < -0.39 is 36.4 Å². The SMILES string of the molecule is O=C(O)CC(O)(CC(=O)O)C(=O)O.[NH2][Cu]. The number of carboxylic acid groups (broad SMARTS) is 3. The van der Waals surface area contributed by atoms with Crippen molar-refractivity contribution in [2.45, 2.75) is 18.4 Å². The van der Waals surface area contributed by atoms with Gasteiger partial charge in [-0.1, -0.05) is 0 Å². The van der Waals surface area contributed by atoms with Crippen molar-refractivity contribution >= 4 is 17.9 Å². The first-order chi connectivity index (χ1) is 6.78. The quantitative estimate of drug-likeness (QED) is 0.365. The standard InChI is InChI=1S/C6H8O7.Cu.H2N/c7-3(8)1-6(13,5(11)12)2-4(9)10;;/h13H,1-2H2,(H,7,8)(H,9,10)(H,11,12);;1H2/q;+1;-1. The molecule has 0 saturated heterocycles. The van der Waals surface area contributed by atoms with E-state index in [4.69, 9.17) is 20.4 Å². The van der Waals surface area contributed by atoms with Gasteiger partial charge in [-0.05, 0) is 0 Å². The van der Waals surface area contributed by atoms with Crippen molar-refractivity contribution in [1.82, 2.24) is 0 Å². The molecule has 0 unspecified atom stereocenters. The van der Waals surface area contributed by atoms with Crippen molar-refractivity contribution in [2.75, 3.05) is 0 Å². The van der Waals surface area contributed by atoms with Crippen molar-refractivity contribution in [2.24, 2.45) is 4.75 Å². The number of rotatable bonds is 5. The van der Waals surface area contributed by atoms with E-state index in [0.717, 1.165) is 0 Å². The molecule has 0 aromatic heterocycles. The Kier molecular flexibility index (Phi) is 7.80. The number of aliphatic hydroxyl groups is 1. The minimum absolute atomic E-state index is 1.14. The molecule has 0 rings (SSSR count). The summed E-state index contributed by atoms with van der Waals surface area (Å²) in [5.74, 6) is -5.02. The number of carbonyl (C=O) groups is 3. The Morgan fingerprint density at radius 2 is 1.27 bits per heavy atom. The summed E-state index contributed by atoms with van der Waals surface area (Å²) in [5.41, 5.74) is -2.74. The van der Waals surface area contributed by atoms with Gasteiger partial charge in [-0.15, -0.1) is 0 Å². The average molecular weight is 272 g/mol. The molecule has 0 aromatic carbocycles. The summed E-state index contributed by atoms with van der Waals surface area (Å²) < 4.78 is 4.06. The molecule has 0 aliphatic heterocycles. The predicted molar refractivity (Wildman–Crippen MR) is 41.3 cm³/mol. The summed E-state index contributed by atoms with van der Waals surface area (Å²) in [6.07, 6.45) is -2.29. The Morgan fingerprint density at radius 3 is 1.40 bits per heavy atom. The summed E-state index contributed by atoms with van der Waals surface area (Å²) in [5, 5.41) is 33.8. The van der Waals surface area contributed by atoms with Crippen molar-refractivity contribution < 1.29 is 51.0 Å². The van der Waals surface area contributed by atoms with Crippen LogP contribution in [0.3, 0.4) is 0 Å². The molecule has 0 bridgehead atoms. The van der Waals surface area contributed by atoms with E-state index >= 15 is 0 Å². The van der Waals surface area contributed by atoms with Crippen LogP contribution >= 0.6 is 0 Å². The van der Waals surface area contributed by atoms with Gasteiger partial charge in [0.25, 0.3) is 0 Å². The van der Waals surface area contributed by atoms with Gasteiger partial charge in [0.15, 0.2) is 5.60 Å². The molecule has 0 aliphatic carbocycles. The van der Waals surface area contributed by atoms with Gasteiger partial charge < -0.3 is 20.4 Å². The van der Waals surface area contributed by atoms with E-state index in [9.17, 15) is 14.4 Å². The third-order valence-corrected chi connectivity index (χ3v) is 1.29. The Bertz CT molecular complexity index is 238. The Morgan fingerprint density at radius 1 is 1.00 bits per heavy atom. The van der Waals surface area contributed by atoms with Crippen molar-refractivity contribution in [3.05, 3.63) is 0 Å². The molecule has 0 spiro atoms. The summed E-state index contributed by atoms with van der Waals surface area (Å²) >= 11 is 3.69. The van der Waals surface area contributed by atoms with Crippen LogP contribution < -0.4 is 4.75 Å². The average Bonchev–Trinajstić information content (AvgIpc) is 2.04. The monoisotopic (exact) mass is 271 g/mol. The van der Waals surface area contributed by atoms with Gasteiger partial charge in [-0.2, -0.15) is 0 Å². The fourth-order valence-electron chi connectivity index (χ4n) is 0.714. The molecule has 0 heterocycles. The van der Waals surface area contributed by atoms with Gasteiger partial charge in [0.1, 0.15) is 0 Å². The third kappa shape index (κ3) is 6.86. The predicted octanol–water partition coefficient (Wildman–Crippen LogP) is -1.84. The zero-order valence-corrected chi connectivity index (χ0v) is 8.25. The molecule has 0 fully saturated rings. The summed E-state index contributed by atoms with van der Waals surface area (Å²) in [6, 6.07) is 0. The zero-order chi connectivity index (χ0) is 12.6. The van der Waals surface area contributed by atoms with Gasteiger partial charge in [0, 0.05) is 0 Å². The third-order valence-electron chi connectivity index (χ3n) is 1.29. The Labute approximate surface area is 92.7 Å². The molecule has 0 aliphatic rings. The van der Waals surface area contributed by atoms with Crippen LogP contribution in [0.5, 0.6) is 0 Å². The normalized spacial score (nSPS) is 9.87. The van der Waals surface area contributed by atoms with Gasteiger partial charge in [-0.3, -0.25) is 9.59 Å². The van der Waals surface area contributed by atoms with Crippen LogP contribution in [0.15, 0.2) is 0 Å². The molecule has 0 saturated carbocycles. The number of aliphatic carboxylic acids is 3. The maximum absolute atomic E-state index is 10.3. The van der Waals surface area contributed by atoms with Gasteiger partial charge >= 0.3 is 38.9 Å². The van der Waals surface area contributed by atoms with Crippen LogP contribution in [-0.4, -0.2) is 43.9 Å². The first-order valence-corrected chi connectivity index (χ1v) is 3.89. The first kappa shape index (κ1) is 16.3. The summed E-state index contributed by atoms with van der Waals surface area (Å²) in [4.78, 5) is 30.5. The molecular formula is C6H10CuNO7. The molecule has 0 amide bonds.